The lowest BCUT2D eigenvalue weighted by molar-refractivity contribution is -0.122. The third-order valence-corrected chi connectivity index (χ3v) is 6.42. The van der Waals surface area contributed by atoms with Gasteiger partial charge in [-0.15, -0.1) is 0 Å². The third-order valence-electron chi connectivity index (χ3n) is 6.42. The topological polar surface area (TPSA) is 79.0 Å². The van der Waals surface area contributed by atoms with Crippen molar-refractivity contribution in [1.82, 2.24) is 10.2 Å². The molecular weight excluding hydrogens is 418 g/mol. The number of hydrogen-bond donors (Lipinski definition) is 1. The van der Waals surface area contributed by atoms with E-state index in [0.717, 1.165) is 11.3 Å². The smallest absolute Gasteiger partial charge is 0.257 e. The van der Waals surface area contributed by atoms with E-state index in [1.54, 1.807) is 21.9 Å². The predicted octanol–water partition coefficient (Wildman–Crippen LogP) is 4.04. The molecular formula is C26H31N3O4. The predicted molar refractivity (Wildman–Crippen MR) is 126 cm³/mol. The highest BCUT2D eigenvalue weighted by atomic mass is 16.5. The highest BCUT2D eigenvalue weighted by Gasteiger charge is 2.52. The van der Waals surface area contributed by atoms with E-state index in [2.05, 4.69) is 5.32 Å². The van der Waals surface area contributed by atoms with Crippen molar-refractivity contribution in [2.75, 3.05) is 11.4 Å². The molecule has 3 amide bonds. The quantitative estimate of drug-likeness (QED) is 0.692. The minimum Gasteiger partial charge on any atom is -0.491 e. The van der Waals surface area contributed by atoms with Crippen molar-refractivity contribution < 1.29 is 19.1 Å². The van der Waals surface area contributed by atoms with Gasteiger partial charge in [-0.25, -0.2) is 0 Å². The van der Waals surface area contributed by atoms with E-state index >= 15 is 0 Å². The van der Waals surface area contributed by atoms with Crippen molar-refractivity contribution in [2.24, 2.45) is 0 Å². The van der Waals surface area contributed by atoms with Gasteiger partial charge in [0.2, 0.25) is 11.8 Å². The molecule has 0 bridgehead atoms. The molecule has 0 spiro atoms. The maximum atomic E-state index is 13.3. The van der Waals surface area contributed by atoms with Crippen LogP contribution in [0.5, 0.6) is 5.75 Å². The number of fused-ring (bicyclic) bond motifs is 3. The van der Waals surface area contributed by atoms with E-state index in [4.69, 9.17) is 4.74 Å². The summed E-state index contributed by atoms with van der Waals surface area (Å²) >= 11 is 0. The molecule has 7 heteroatoms. The standard InChI is InChI=1S/C26H31N3O4/c1-17(2)33-20-9-7-8-19(16-20)18(3)27-23(30)13-15-28-25(32)21-10-5-6-11-22(21)29-24(31)12-14-26(28,29)4/h5-11,16-18H,12-15H2,1-4H3,(H,27,30). The average molecular weight is 450 g/mol. The maximum absolute atomic E-state index is 13.3. The van der Waals surface area contributed by atoms with Gasteiger partial charge in [-0.3, -0.25) is 19.3 Å². The lowest BCUT2D eigenvalue weighted by Gasteiger charge is -2.48. The number of para-hydroxylation sites is 1. The van der Waals surface area contributed by atoms with Crippen LogP contribution in [0, 0.1) is 0 Å². The van der Waals surface area contributed by atoms with E-state index in [0.29, 0.717) is 24.1 Å². The Morgan fingerprint density at radius 3 is 2.64 bits per heavy atom. The van der Waals surface area contributed by atoms with Crippen LogP contribution in [0.4, 0.5) is 5.69 Å². The average Bonchev–Trinajstić information content (AvgIpc) is 3.08. The van der Waals surface area contributed by atoms with Crippen LogP contribution in [0.15, 0.2) is 48.5 Å². The summed E-state index contributed by atoms with van der Waals surface area (Å²) in [6, 6.07) is 14.7. The number of rotatable bonds is 7. The maximum Gasteiger partial charge on any atom is 0.257 e. The zero-order valence-corrected chi connectivity index (χ0v) is 19.6. The summed E-state index contributed by atoms with van der Waals surface area (Å²) < 4.78 is 5.75. The Kier molecular flexibility index (Phi) is 6.15. The molecule has 0 aliphatic carbocycles. The fraction of sp³-hybridized carbons (Fsp3) is 0.423. The first-order valence-corrected chi connectivity index (χ1v) is 11.5. The fourth-order valence-corrected chi connectivity index (χ4v) is 4.78. The van der Waals surface area contributed by atoms with Crippen molar-refractivity contribution >= 4 is 23.4 Å². The minimum absolute atomic E-state index is 0.00372. The molecule has 0 radical (unpaired) electrons. The number of carbonyl (C=O) groups is 3. The molecule has 2 aliphatic heterocycles. The molecule has 33 heavy (non-hydrogen) atoms. The summed E-state index contributed by atoms with van der Waals surface area (Å²) in [7, 11) is 0. The fourth-order valence-electron chi connectivity index (χ4n) is 4.78. The number of benzene rings is 2. The second-order valence-electron chi connectivity index (χ2n) is 9.20. The van der Waals surface area contributed by atoms with Crippen LogP contribution in [-0.2, 0) is 9.59 Å². The van der Waals surface area contributed by atoms with Crippen molar-refractivity contribution in [3.05, 3.63) is 59.7 Å². The van der Waals surface area contributed by atoms with Crippen LogP contribution < -0.4 is 15.0 Å². The zero-order valence-electron chi connectivity index (χ0n) is 19.6. The van der Waals surface area contributed by atoms with Gasteiger partial charge < -0.3 is 15.0 Å². The van der Waals surface area contributed by atoms with Gasteiger partial charge in [0, 0.05) is 19.4 Å². The summed E-state index contributed by atoms with van der Waals surface area (Å²) in [5.41, 5.74) is 1.35. The van der Waals surface area contributed by atoms with Crippen LogP contribution >= 0.6 is 0 Å². The van der Waals surface area contributed by atoms with E-state index in [-0.39, 0.29) is 42.8 Å². The van der Waals surface area contributed by atoms with E-state index in [1.165, 1.54) is 0 Å². The second kappa shape index (κ2) is 8.89. The van der Waals surface area contributed by atoms with Gasteiger partial charge in [-0.2, -0.15) is 0 Å². The highest BCUT2D eigenvalue weighted by Crippen LogP contribution is 2.43. The molecule has 1 fully saturated rings. The monoisotopic (exact) mass is 449 g/mol. The first kappa shape index (κ1) is 22.8. The van der Waals surface area contributed by atoms with Gasteiger partial charge in [-0.1, -0.05) is 24.3 Å². The van der Waals surface area contributed by atoms with Gasteiger partial charge >= 0.3 is 0 Å². The minimum atomic E-state index is -0.753. The van der Waals surface area contributed by atoms with Gasteiger partial charge in [0.05, 0.1) is 23.4 Å². The first-order chi connectivity index (χ1) is 15.7. The van der Waals surface area contributed by atoms with Gasteiger partial charge in [0.1, 0.15) is 11.4 Å². The molecule has 2 aromatic carbocycles. The lowest BCUT2D eigenvalue weighted by atomic mass is 9.98. The number of carbonyl (C=O) groups excluding carboxylic acids is 3. The summed E-state index contributed by atoms with van der Waals surface area (Å²) in [5, 5.41) is 3.02. The number of nitrogens with one attached hydrogen (secondary N) is 1. The van der Waals surface area contributed by atoms with Crippen molar-refractivity contribution in [1.29, 1.82) is 0 Å². The molecule has 0 saturated carbocycles. The SMILES string of the molecule is CC(C)Oc1cccc(C(C)NC(=O)CCN2C(=O)c3ccccc3N3C(=O)CCC23C)c1. The van der Waals surface area contributed by atoms with E-state index < -0.39 is 5.66 Å². The largest absolute Gasteiger partial charge is 0.491 e. The molecule has 2 heterocycles. The van der Waals surface area contributed by atoms with Crippen molar-refractivity contribution in [3.63, 3.8) is 0 Å². The number of anilines is 1. The number of nitrogens with zero attached hydrogens (tertiary/aromatic N) is 2. The van der Waals surface area contributed by atoms with Crippen LogP contribution in [0.25, 0.3) is 0 Å². The van der Waals surface area contributed by atoms with E-state index in [9.17, 15) is 14.4 Å². The van der Waals surface area contributed by atoms with Gasteiger partial charge in [0.25, 0.3) is 5.91 Å². The normalized spacial score (nSPS) is 20.5. The molecule has 7 nitrogen and oxygen atoms in total. The molecule has 174 valence electrons. The molecule has 4 rings (SSSR count). The molecule has 1 saturated heterocycles. The summed E-state index contributed by atoms with van der Waals surface area (Å²) in [5.74, 6) is 0.478. The Hall–Kier alpha value is -3.35. The van der Waals surface area contributed by atoms with Crippen LogP contribution in [-0.4, -0.2) is 40.9 Å². The molecule has 2 unspecified atom stereocenters. The van der Waals surface area contributed by atoms with Gasteiger partial charge in [0.15, 0.2) is 0 Å². The Balaban J connectivity index is 1.45. The summed E-state index contributed by atoms with van der Waals surface area (Å²) in [6.07, 6.45) is 1.15. The number of hydrogen-bond acceptors (Lipinski definition) is 4. The molecule has 1 N–H and O–H groups in total. The summed E-state index contributed by atoms with van der Waals surface area (Å²) in [4.78, 5) is 42.2. The molecule has 2 atom stereocenters. The van der Waals surface area contributed by atoms with Crippen molar-refractivity contribution in [3.8, 4) is 5.75 Å². The Morgan fingerprint density at radius 2 is 1.88 bits per heavy atom. The van der Waals surface area contributed by atoms with Gasteiger partial charge in [-0.05, 0) is 63.9 Å². The molecule has 2 aromatic rings. The number of ether oxygens (including phenoxy) is 1. The summed E-state index contributed by atoms with van der Waals surface area (Å²) in [6.45, 7) is 8.01. The van der Waals surface area contributed by atoms with Crippen LogP contribution in [0.2, 0.25) is 0 Å². The van der Waals surface area contributed by atoms with E-state index in [1.807, 2.05) is 64.1 Å². The third kappa shape index (κ3) is 4.32. The molecule has 0 aromatic heterocycles. The highest BCUT2D eigenvalue weighted by molar-refractivity contribution is 6.10. The number of amides is 3. The van der Waals surface area contributed by atoms with Crippen molar-refractivity contribution in [2.45, 2.75) is 64.8 Å². The molecule has 2 aliphatic rings. The van der Waals surface area contributed by atoms with Crippen LogP contribution in [0.3, 0.4) is 0 Å². The van der Waals surface area contributed by atoms with Crippen LogP contribution in [0.1, 0.15) is 68.9 Å². The second-order valence-corrected chi connectivity index (χ2v) is 9.20. The Bertz CT molecular complexity index is 1080. The first-order valence-electron chi connectivity index (χ1n) is 11.5. The Morgan fingerprint density at radius 1 is 1.12 bits per heavy atom. The Labute approximate surface area is 194 Å². The zero-order chi connectivity index (χ0) is 23.8. The lowest BCUT2D eigenvalue weighted by Crippen LogP contribution is -2.62.